The molecule has 0 aliphatic rings. The zero-order chi connectivity index (χ0) is 14.3. The Labute approximate surface area is 112 Å². The highest BCUT2D eigenvalue weighted by Gasteiger charge is 2.15. The second-order valence-electron chi connectivity index (χ2n) is 4.18. The Hall–Kier alpha value is -2.04. The van der Waals surface area contributed by atoms with E-state index in [0.717, 1.165) is 12.8 Å². The van der Waals surface area contributed by atoms with Crippen LogP contribution in [0.5, 0.6) is 5.75 Å². The van der Waals surface area contributed by atoms with Crippen molar-refractivity contribution in [3.05, 3.63) is 29.8 Å². The predicted octanol–water partition coefficient (Wildman–Crippen LogP) is 1.90. The molecule has 19 heavy (non-hydrogen) atoms. The topological polar surface area (TPSA) is 78.6 Å². The molecule has 1 amide bonds. The van der Waals surface area contributed by atoms with Crippen LogP contribution in [0, 0.1) is 0 Å². The molecule has 0 saturated heterocycles. The molecule has 5 heteroatoms. The Balaban J connectivity index is 2.55. The van der Waals surface area contributed by atoms with Crippen LogP contribution in [0.3, 0.4) is 0 Å². The molecule has 1 rings (SSSR count). The van der Waals surface area contributed by atoms with Crippen molar-refractivity contribution in [2.24, 2.45) is 5.73 Å². The third-order valence-corrected chi connectivity index (χ3v) is 2.54. The van der Waals surface area contributed by atoms with Crippen molar-refractivity contribution in [3.63, 3.8) is 0 Å². The van der Waals surface area contributed by atoms with Crippen molar-refractivity contribution in [1.29, 1.82) is 0 Å². The molecule has 0 bridgehead atoms. The number of amides is 1. The van der Waals surface area contributed by atoms with E-state index in [4.69, 9.17) is 15.2 Å². The molecule has 104 valence electrons. The number of esters is 1. The van der Waals surface area contributed by atoms with Crippen molar-refractivity contribution < 1.29 is 19.1 Å². The summed E-state index contributed by atoms with van der Waals surface area (Å²) in [6.07, 6.45) is 1.11. The SMILES string of the molecule is CCCCOc1ccc(C(=O)O[C@H](C)C(N)=O)cc1. The largest absolute Gasteiger partial charge is 0.494 e. The number of unbranched alkanes of at least 4 members (excludes halogenated alkanes) is 1. The molecule has 0 saturated carbocycles. The van der Waals surface area contributed by atoms with Crippen LogP contribution in [0.1, 0.15) is 37.0 Å². The molecule has 0 radical (unpaired) electrons. The fourth-order valence-corrected chi connectivity index (χ4v) is 1.31. The van der Waals surface area contributed by atoms with E-state index in [0.29, 0.717) is 17.9 Å². The maximum Gasteiger partial charge on any atom is 0.338 e. The predicted molar refractivity (Wildman–Crippen MR) is 70.9 cm³/mol. The van der Waals surface area contributed by atoms with E-state index < -0.39 is 18.0 Å². The maximum atomic E-state index is 11.7. The van der Waals surface area contributed by atoms with Crippen LogP contribution in [-0.4, -0.2) is 24.6 Å². The van der Waals surface area contributed by atoms with Crippen LogP contribution in [0.15, 0.2) is 24.3 Å². The first-order valence-corrected chi connectivity index (χ1v) is 6.27. The van der Waals surface area contributed by atoms with Gasteiger partial charge in [0.05, 0.1) is 12.2 Å². The molecule has 0 fully saturated rings. The normalized spacial score (nSPS) is 11.7. The third kappa shape index (κ3) is 4.99. The van der Waals surface area contributed by atoms with Gasteiger partial charge in [0, 0.05) is 0 Å². The lowest BCUT2D eigenvalue weighted by Crippen LogP contribution is -2.30. The third-order valence-electron chi connectivity index (χ3n) is 2.54. The fraction of sp³-hybridized carbons (Fsp3) is 0.429. The Morgan fingerprint density at radius 2 is 1.89 bits per heavy atom. The van der Waals surface area contributed by atoms with E-state index in [9.17, 15) is 9.59 Å². The van der Waals surface area contributed by atoms with E-state index >= 15 is 0 Å². The van der Waals surface area contributed by atoms with E-state index in [-0.39, 0.29) is 0 Å². The number of hydrogen-bond donors (Lipinski definition) is 1. The Bertz CT molecular complexity index is 428. The lowest BCUT2D eigenvalue weighted by Gasteiger charge is -2.10. The van der Waals surface area contributed by atoms with Gasteiger partial charge in [-0.05, 0) is 37.6 Å². The second kappa shape index (κ2) is 7.41. The summed E-state index contributed by atoms with van der Waals surface area (Å²) in [5.74, 6) is -0.549. The van der Waals surface area contributed by atoms with Crippen molar-refractivity contribution in [2.45, 2.75) is 32.8 Å². The second-order valence-corrected chi connectivity index (χ2v) is 4.18. The molecular weight excluding hydrogens is 246 g/mol. The number of nitrogens with two attached hydrogens (primary N) is 1. The summed E-state index contributed by atoms with van der Waals surface area (Å²) in [7, 11) is 0. The zero-order valence-corrected chi connectivity index (χ0v) is 11.2. The molecule has 1 aromatic carbocycles. The van der Waals surface area contributed by atoms with Crippen LogP contribution in [0.4, 0.5) is 0 Å². The van der Waals surface area contributed by atoms with E-state index in [1.54, 1.807) is 24.3 Å². The number of ether oxygens (including phenoxy) is 2. The first-order valence-electron chi connectivity index (χ1n) is 6.27. The summed E-state index contributed by atoms with van der Waals surface area (Å²) < 4.78 is 10.4. The van der Waals surface area contributed by atoms with Gasteiger partial charge in [-0.2, -0.15) is 0 Å². The van der Waals surface area contributed by atoms with Crippen LogP contribution >= 0.6 is 0 Å². The van der Waals surface area contributed by atoms with Crippen molar-refractivity contribution in [2.75, 3.05) is 6.61 Å². The molecule has 0 aromatic heterocycles. The fourth-order valence-electron chi connectivity index (χ4n) is 1.31. The number of rotatable bonds is 7. The smallest absolute Gasteiger partial charge is 0.338 e. The van der Waals surface area contributed by atoms with Gasteiger partial charge < -0.3 is 15.2 Å². The zero-order valence-electron chi connectivity index (χ0n) is 11.2. The summed E-state index contributed by atoms with van der Waals surface area (Å²) in [4.78, 5) is 22.5. The summed E-state index contributed by atoms with van der Waals surface area (Å²) in [6, 6.07) is 6.58. The van der Waals surface area contributed by atoms with Crippen LogP contribution < -0.4 is 10.5 Å². The van der Waals surface area contributed by atoms with Gasteiger partial charge in [0.25, 0.3) is 5.91 Å². The molecule has 0 aliphatic heterocycles. The van der Waals surface area contributed by atoms with E-state index in [1.165, 1.54) is 6.92 Å². The Morgan fingerprint density at radius 1 is 1.26 bits per heavy atom. The van der Waals surface area contributed by atoms with Crippen LogP contribution in [0.2, 0.25) is 0 Å². The van der Waals surface area contributed by atoms with Gasteiger partial charge in [-0.25, -0.2) is 4.79 Å². The van der Waals surface area contributed by atoms with Gasteiger partial charge in [0.1, 0.15) is 5.75 Å². The Morgan fingerprint density at radius 3 is 2.42 bits per heavy atom. The Kier molecular flexibility index (Phi) is 5.85. The molecule has 0 aliphatic carbocycles. The maximum absolute atomic E-state index is 11.7. The molecule has 2 N–H and O–H groups in total. The van der Waals surface area contributed by atoms with Crippen LogP contribution in [-0.2, 0) is 9.53 Å². The minimum absolute atomic E-state index is 0.357. The van der Waals surface area contributed by atoms with Gasteiger partial charge in [-0.1, -0.05) is 13.3 Å². The first-order chi connectivity index (χ1) is 9.04. The number of carbonyl (C=O) groups is 2. The van der Waals surface area contributed by atoms with Crippen molar-refractivity contribution in [3.8, 4) is 5.75 Å². The molecule has 0 unspecified atom stereocenters. The average molecular weight is 265 g/mol. The molecular formula is C14H19NO4. The first kappa shape index (κ1) is 15.0. The summed E-state index contributed by atoms with van der Waals surface area (Å²) in [5, 5.41) is 0. The van der Waals surface area contributed by atoms with Crippen molar-refractivity contribution >= 4 is 11.9 Å². The summed E-state index contributed by atoms with van der Waals surface area (Å²) in [5.41, 5.74) is 5.38. The monoisotopic (exact) mass is 265 g/mol. The molecule has 1 aromatic rings. The minimum atomic E-state index is -0.937. The van der Waals surface area contributed by atoms with E-state index in [2.05, 4.69) is 6.92 Å². The van der Waals surface area contributed by atoms with Gasteiger partial charge in [-0.15, -0.1) is 0 Å². The van der Waals surface area contributed by atoms with Gasteiger partial charge >= 0.3 is 5.97 Å². The average Bonchev–Trinajstić information content (AvgIpc) is 2.39. The minimum Gasteiger partial charge on any atom is -0.494 e. The number of primary amides is 1. The highest BCUT2D eigenvalue weighted by atomic mass is 16.5. The van der Waals surface area contributed by atoms with Crippen LogP contribution in [0.25, 0.3) is 0 Å². The summed E-state index contributed by atoms with van der Waals surface area (Å²) in [6.45, 7) is 4.17. The van der Waals surface area contributed by atoms with Gasteiger partial charge in [-0.3, -0.25) is 4.79 Å². The number of hydrogen-bond acceptors (Lipinski definition) is 4. The summed E-state index contributed by atoms with van der Waals surface area (Å²) >= 11 is 0. The number of carbonyl (C=O) groups excluding carboxylic acids is 2. The molecule has 0 spiro atoms. The highest BCUT2D eigenvalue weighted by Crippen LogP contribution is 2.14. The standard InChI is InChI=1S/C14H19NO4/c1-3-4-9-18-12-7-5-11(6-8-12)14(17)19-10(2)13(15)16/h5-8,10H,3-4,9H2,1-2H3,(H2,15,16)/t10-/m1/s1. The quantitative estimate of drug-likeness (QED) is 0.603. The van der Waals surface area contributed by atoms with Crippen molar-refractivity contribution in [1.82, 2.24) is 0 Å². The lowest BCUT2D eigenvalue weighted by atomic mass is 10.2. The van der Waals surface area contributed by atoms with Gasteiger partial charge in [0.15, 0.2) is 6.10 Å². The molecule has 5 nitrogen and oxygen atoms in total. The van der Waals surface area contributed by atoms with Gasteiger partial charge in [0.2, 0.25) is 0 Å². The number of benzene rings is 1. The highest BCUT2D eigenvalue weighted by molar-refractivity contribution is 5.92. The molecule has 1 atom stereocenters. The molecule has 0 heterocycles. The lowest BCUT2D eigenvalue weighted by molar-refractivity contribution is -0.125. The van der Waals surface area contributed by atoms with E-state index in [1.807, 2.05) is 0 Å².